The number of hydrogen-bond acceptors (Lipinski definition) is 7. The minimum Gasteiger partial charge on any atom is -0.497 e. The SMILES string of the molecule is COc1cccc(C(OC(=O)C(Cl)(Cl)Cl)c2cc(OC)c(OC)cc2[N+](=O)[O-])c1. The fraction of sp³-hybridized carbons (Fsp3) is 0.278. The van der Waals surface area contributed by atoms with E-state index in [1.54, 1.807) is 18.2 Å². The quantitative estimate of drug-likeness (QED) is 0.255. The minimum absolute atomic E-state index is 0.0106. The van der Waals surface area contributed by atoms with Crippen LogP contribution in [0.25, 0.3) is 0 Å². The summed E-state index contributed by atoms with van der Waals surface area (Å²) < 4.78 is 18.5. The molecule has 0 radical (unpaired) electrons. The predicted octanol–water partition coefficient (Wildman–Crippen LogP) is 4.62. The van der Waals surface area contributed by atoms with Crippen molar-refractivity contribution in [2.45, 2.75) is 9.90 Å². The van der Waals surface area contributed by atoms with Crippen molar-refractivity contribution in [3.63, 3.8) is 0 Å². The minimum atomic E-state index is -2.39. The van der Waals surface area contributed by atoms with Crippen molar-refractivity contribution < 1.29 is 28.7 Å². The molecule has 29 heavy (non-hydrogen) atoms. The van der Waals surface area contributed by atoms with Crippen LogP contribution in [0.2, 0.25) is 0 Å². The summed E-state index contributed by atoms with van der Waals surface area (Å²) in [5, 5.41) is 11.7. The third kappa shape index (κ3) is 5.35. The highest BCUT2D eigenvalue weighted by molar-refractivity contribution is 6.75. The van der Waals surface area contributed by atoms with Gasteiger partial charge in [-0.15, -0.1) is 0 Å². The third-order valence-electron chi connectivity index (χ3n) is 3.86. The first-order valence-corrected chi connectivity index (χ1v) is 9.07. The van der Waals surface area contributed by atoms with Crippen molar-refractivity contribution in [2.75, 3.05) is 21.3 Å². The number of nitrogens with zero attached hydrogens (tertiary/aromatic N) is 1. The van der Waals surface area contributed by atoms with Gasteiger partial charge in [0, 0.05) is 5.56 Å². The van der Waals surface area contributed by atoms with E-state index in [0.29, 0.717) is 11.3 Å². The summed E-state index contributed by atoms with van der Waals surface area (Å²) in [7, 11) is 4.14. The second kappa shape index (κ2) is 9.39. The molecule has 0 bridgehead atoms. The monoisotopic (exact) mass is 463 g/mol. The number of carbonyl (C=O) groups is 1. The van der Waals surface area contributed by atoms with Crippen molar-refractivity contribution in [1.29, 1.82) is 0 Å². The number of ether oxygens (including phenoxy) is 4. The summed E-state index contributed by atoms with van der Waals surface area (Å²) in [6.07, 6.45) is -1.30. The van der Waals surface area contributed by atoms with Gasteiger partial charge in [-0.3, -0.25) is 10.1 Å². The molecule has 8 nitrogen and oxygen atoms in total. The predicted molar refractivity (Wildman–Crippen MR) is 107 cm³/mol. The van der Waals surface area contributed by atoms with Gasteiger partial charge in [0.25, 0.3) is 9.48 Å². The summed E-state index contributed by atoms with van der Waals surface area (Å²) in [5.41, 5.74) is -0.0432. The van der Waals surface area contributed by atoms with Crippen LogP contribution in [0.3, 0.4) is 0 Å². The number of esters is 1. The molecular weight excluding hydrogens is 449 g/mol. The van der Waals surface area contributed by atoms with E-state index < -0.39 is 20.8 Å². The van der Waals surface area contributed by atoms with Gasteiger partial charge in [-0.2, -0.15) is 0 Å². The lowest BCUT2D eigenvalue weighted by atomic mass is 9.98. The van der Waals surface area contributed by atoms with Crippen LogP contribution in [-0.2, 0) is 9.53 Å². The maximum atomic E-state index is 12.3. The lowest BCUT2D eigenvalue weighted by molar-refractivity contribution is -0.386. The number of nitro benzene ring substituents is 1. The van der Waals surface area contributed by atoms with Crippen LogP contribution in [0.5, 0.6) is 17.2 Å². The highest BCUT2D eigenvalue weighted by Crippen LogP contribution is 2.42. The number of rotatable bonds is 7. The van der Waals surface area contributed by atoms with E-state index in [1.807, 2.05) is 0 Å². The summed E-state index contributed by atoms with van der Waals surface area (Å²) in [5.74, 6) is -0.467. The van der Waals surface area contributed by atoms with Crippen molar-refractivity contribution in [3.05, 3.63) is 57.6 Å². The van der Waals surface area contributed by atoms with E-state index in [4.69, 9.17) is 53.8 Å². The van der Waals surface area contributed by atoms with Crippen molar-refractivity contribution >= 4 is 46.5 Å². The Balaban J connectivity index is 2.73. The van der Waals surface area contributed by atoms with Crippen molar-refractivity contribution in [2.24, 2.45) is 0 Å². The van der Waals surface area contributed by atoms with E-state index in [2.05, 4.69) is 0 Å². The van der Waals surface area contributed by atoms with Crippen LogP contribution < -0.4 is 14.2 Å². The first-order chi connectivity index (χ1) is 13.6. The molecule has 0 aliphatic rings. The summed E-state index contributed by atoms with van der Waals surface area (Å²) in [6, 6.07) is 8.88. The largest absolute Gasteiger partial charge is 0.497 e. The number of alkyl halides is 3. The fourth-order valence-electron chi connectivity index (χ4n) is 2.54. The van der Waals surface area contributed by atoms with Crippen LogP contribution in [-0.4, -0.2) is 36.0 Å². The third-order valence-corrected chi connectivity index (χ3v) is 4.33. The summed E-state index contributed by atoms with van der Waals surface area (Å²) >= 11 is 16.9. The molecule has 0 spiro atoms. The van der Waals surface area contributed by atoms with E-state index in [1.165, 1.54) is 33.5 Å². The molecule has 0 amide bonds. The van der Waals surface area contributed by atoms with Crippen LogP contribution >= 0.6 is 34.8 Å². The fourth-order valence-corrected chi connectivity index (χ4v) is 2.68. The van der Waals surface area contributed by atoms with Crippen LogP contribution in [0, 0.1) is 10.1 Å². The molecule has 1 unspecified atom stereocenters. The van der Waals surface area contributed by atoms with E-state index in [0.717, 1.165) is 6.07 Å². The van der Waals surface area contributed by atoms with Gasteiger partial charge in [-0.1, -0.05) is 46.9 Å². The number of methoxy groups -OCH3 is 3. The molecule has 1 atom stereocenters. The molecule has 0 aromatic heterocycles. The molecule has 0 aliphatic heterocycles. The van der Waals surface area contributed by atoms with Gasteiger partial charge in [0.05, 0.1) is 37.9 Å². The molecule has 0 saturated heterocycles. The summed E-state index contributed by atoms with van der Waals surface area (Å²) in [4.78, 5) is 23.3. The maximum absolute atomic E-state index is 12.3. The molecule has 0 aliphatic carbocycles. The van der Waals surface area contributed by atoms with E-state index in [-0.39, 0.29) is 22.7 Å². The smallest absolute Gasteiger partial charge is 0.359 e. The Morgan fingerprint density at radius 3 is 2.17 bits per heavy atom. The topological polar surface area (TPSA) is 97.1 Å². The summed E-state index contributed by atoms with van der Waals surface area (Å²) in [6.45, 7) is 0. The Morgan fingerprint density at radius 2 is 1.66 bits per heavy atom. The van der Waals surface area contributed by atoms with E-state index >= 15 is 0 Å². The lowest BCUT2D eigenvalue weighted by Gasteiger charge is -2.22. The molecule has 2 aromatic rings. The first kappa shape index (κ1) is 22.9. The number of benzene rings is 2. The first-order valence-electron chi connectivity index (χ1n) is 7.94. The molecule has 156 valence electrons. The van der Waals surface area contributed by atoms with Crippen LogP contribution in [0.4, 0.5) is 5.69 Å². The number of halogens is 3. The zero-order chi connectivity index (χ0) is 21.8. The normalized spacial score (nSPS) is 12.1. The van der Waals surface area contributed by atoms with Gasteiger partial charge in [0.15, 0.2) is 17.6 Å². The Labute approximate surface area is 181 Å². The van der Waals surface area contributed by atoms with Gasteiger partial charge < -0.3 is 18.9 Å². The van der Waals surface area contributed by atoms with Crippen LogP contribution in [0.1, 0.15) is 17.2 Å². The van der Waals surface area contributed by atoms with Crippen LogP contribution in [0.15, 0.2) is 36.4 Å². The Bertz CT molecular complexity index is 915. The van der Waals surface area contributed by atoms with Crippen molar-refractivity contribution in [1.82, 2.24) is 0 Å². The second-order valence-electron chi connectivity index (χ2n) is 5.58. The zero-order valence-corrected chi connectivity index (χ0v) is 17.7. The lowest BCUT2D eigenvalue weighted by Crippen LogP contribution is -2.25. The molecule has 2 aromatic carbocycles. The molecule has 0 fully saturated rings. The Kier molecular flexibility index (Phi) is 7.40. The van der Waals surface area contributed by atoms with Gasteiger partial charge >= 0.3 is 5.97 Å². The highest BCUT2D eigenvalue weighted by Gasteiger charge is 2.38. The molecule has 11 heteroatoms. The van der Waals surface area contributed by atoms with Gasteiger partial charge in [0.2, 0.25) is 0 Å². The molecule has 0 saturated carbocycles. The average molecular weight is 465 g/mol. The number of carbonyl (C=O) groups excluding carboxylic acids is 1. The van der Waals surface area contributed by atoms with E-state index in [9.17, 15) is 14.9 Å². The number of nitro groups is 1. The molecule has 0 heterocycles. The number of hydrogen-bond donors (Lipinski definition) is 0. The average Bonchev–Trinajstić information content (AvgIpc) is 2.69. The second-order valence-corrected chi connectivity index (χ2v) is 7.86. The highest BCUT2D eigenvalue weighted by atomic mass is 35.6. The molecule has 0 N–H and O–H groups in total. The van der Waals surface area contributed by atoms with Crippen molar-refractivity contribution in [3.8, 4) is 17.2 Å². The molecular formula is C18H16Cl3NO7. The Hall–Kier alpha value is -2.42. The zero-order valence-electron chi connectivity index (χ0n) is 15.5. The van der Waals surface area contributed by atoms with Gasteiger partial charge in [-0.05, 0) is 18.2 Å². The molecule has 2 rings (SSSR count). The maximum Gasteiger partial charge on any atom is 0.359 e. The van der Waals surface area contributed by atoms with Gasteiger partial charge in [-0.25, -0.2) is 4.79 Å². The standard InChI is InChI=1S/C18H16Cl3NO7/c1-26-11-6-4-5-10(7-11)16(29-17(23)18(19,20)21)12-8-14(27-2)15(28-3)9-13(12)22(24)25/h4-9,16H,1-3H3. The Morgan fingerprint density at radius 1 is 1.03 bits per heavy atom. The van der Waals surface area contributed by atoms with Gasteiger partial charge in [0.1, 0.15) is 5.75 Å².